The van der Waals surface area contributed by atoms with E-state index in [-0.39, 0.29) is 5.91 Å². The molecule has 3 aromatic rings. The van der Waals surface area contributed by atoms with Crippen LogP contribution in [0.4, 0.5) is 0 Å². The molecule has 1 amide bonds. The summed E-state index contributed by atoms with van der Waals surface area (Å²) in [5.41, 5.74) is 1.95. The van der Waals surface area contributed by atoms with Crippen molar-refractivity contribution in [3.8, 4) is 0 Å². The first-order valence-electron chi connectivity index (χ1n) is 8.50. The number of carbonyl (C=O) groups excluding carboxylic acids is 1. The normalized spacial score (nSPS) is 17.6. The second-order valence-electron chi connectivity index (χ2n) is 6.42. The van der Waals surface area contributed by atoms with Gasteiger partial charge in [0.15, 0.2) is 0 Å². The quantitative estimate of drug-likeness (QED) is 0.693. The van der Waals surface area contributed by atoms with E-state index in [1.807, 2.05) is 65.3 Å². The van der Waals surface area contributed by atoms with Gasteiger partial charge in [-0.05, 0) is 30.2 Å². The number of rotatable bonds is 3. The van der Waals surface area contributed by atoms with Crippen molar-refractivity contribution in [2.45, 2.75) is 12.3 Å². The summed E-state index contributed by atoms with van der Waals surface area (Å²) in [6.45, 7) is 1.50. The molecule has 0 N–H and O–H groups in total. The molecule has 4 rings (SSSR count). The fourth-order valence-electron chi connectivity index (χ4n) is 3.47. The third-order valence-electron chi connectivity index (χ3n) is 4.81. The van der Waals surface area contributed by atoms with E-state index in [4.69, 9.17) is 0 Å². The summed E-state index contributed by atoms with van der Waals surface area (Å²) in [5, 5.41) is 1.06. The van der Waals surface area contributed by atoms with Gasteiger partial charge in [-0.3, -0.25) is 9.78 Å². The fourth-order valence-corrected chi connectivity index (χ4v) is 3.47. The standard InChI is InChI=1S/C20H20N4O/c1-23-13-11-22-20(23)16-9-12-24(14-16)19(25)7-6-15-8-10-21-18-5-3-2-4-17(15)18/h2-8,10-11,13,16H,9,12,14H2,1H3/b7-6+. The predicted octanol–water partition coefficient (Wildman–Crippen LogP) is 3.00. The van der Waals surface area contributed by atoms with Crippen molar-refractivity contribution in [3.05, 3.63) is 66.4 Å². The minimum atomic E-state index is 0.0533. The van der Waals surface area contributed by atoms with Crippen LogP contribution in [-0.4, -0.2) is 38.4 Å². The third kappa shape index (κ3) is 3.05. The van der Waals surface area contributed by atoms with E-state index in [1.54, 1.807) is 12.3 Å². The molecule has 1 aliphatic rings. The number of fused-ring (bicyclic) bond motifs is 1. The highest BCUT2D eigenvalue weighted by Gasteiger charge is 2.28. The summed E-state index contributed by atoms with van der Waals surface area (Å²) in [7, 11) is 2.00. The predicted molar refractivity (Wildman–Crippen MR) is 97.9 cm³/mol. The summed E-state index contributed by atoms with van der Waals surface area (Å²) in [6, 6.07) is 9.90. The summed E-state index contributed by atoms with van der Waals surface area (Å²) >= 11 is 0. The van der Waals surface area contributed by atoms with Gasteiger partial charge in [-0.15, -0.1) is 0 Å². The molecule has 5 heteroatoms. The Kier molecular flexibility index (Phi) is 4.06. The molecule has 0 spiro atoms. The molecule has 1 atom stereocenters. The van der Waals surface area contributed by atoms with Crippen LogP contribution in [0.1, 0.15) is 23.7 Å². The SMILES string of the molecule is Cn1ccnc1C1CCN(C(=O)/C=C/c2ccnc3ccccc23)C1. The number of benzene rings is 1. The van der Waals surface area contributed by atoms with Gasteiger partial charge >= 0.3 is 0 Å². The van der Waals surface area contributed by atoms with Crippen LogP contribution in [0, 0.1) is 0 Å². The second-order valence-corrected chi connectivity index (χ2v) is 6.42. The average Bonchev–Trinajstić information content (AvgIpc) is 3.28. The van der Waals surface area contributed by atoms with E-state index >= 15 is 0 Å². The maximum absolute atomic E-state index is 12.6. The Bertz CT molecular complexity index is 938. The number of aryl methyl sites for hydroxylation is 1. The molecule has 0 bridgehead atoms. The summed E-state index contributed by atoms with van der Waals surface area (Å²) in [6.07, 6.45) is 10.1. The lowest BCUT2D eigenvalue weighted by atomic mass is 10.1. The lowest BCUT2D eigenvalue weighted by molar-refractivity contribution is -0.124. The Morgan fingerprint density at radius 3 is 2.92 bits per heavy atom. The molecule has 5 nitrogen and oxygen atoms in total. The molecule has 1 fully saturated rings. The van der Waals surface area contributed by atoms with Crippen LogP contribution < -0.4 is 0 Å². The molecule has 1 unspecified atom stereocenters. The Labute approximate surface area is 146 Å². The van der Waals surface area contributed by atoms with Crippen molar-refractivity contribution in [1.29, 1.82) is 0 Å². The Balaban J connectivity index is 1.49. The first kappa shape index (κ1) is 15.6. The lowest BCUT2D eigenvalue weighted by Gasteiger charge is -2.14. The zero-order valence-corrected chi connectivity index (χ0v) is 14.2. The van der Waals surface area contributed by atoms with Gasteiger partial charge in [0.1, 0.15) is 5.82 Å². The minimum absolute atomic E-state index is 0.0533. The summed E-state index contributed by atoms with van der Waals surface area (Å²) in [5.74, 6) is 1.43. The molecule has 1 aromatic carbocycles. The first-order valence-corrected chi connectivity index (χ1v) is 8.50. The number of hydrogen-bond donors (Lipinski definition) is 0. The highest BCUT2D eigenvalue weighted by Crippen LogP contribution is 2.26. The van der Waals surface area contributed by atoms with Crippen LogP contribution in [0.5, 0.6) is 0 Å². The van der Waals surface area contributed by atoms with Crippen LogP contribution in [-0.2, 0) is 11.8 Å². The number of carbonyl (C=O) groups is 1. The Hall–Kier alpha value is -2.95. The number of imidazole rings is 1. The van der Waals surface area contributed by atoms with Crippen LogP contribution >= 0.6 is 0 Å². The molecular weight excluding hydrogens is 312 g/mol. The largest absolute Gasteiger partial charge is 0.338 e. The molecule has 2 aromatic heterocycles. The first-order chi connectivity index (χ1) is 12.2. The van der Waals surface area contributed by atoms with Crippen LogP contribution in [0.2, 0.25) is 0 Å². The smallest absolute Gasteiger partial charge is 0.246 e. The Morgan fingerprint density at radius 1 is 1.20 bits per heavy atom. The maximum atomic E-state index is 12.6. The van der Waals surface area contributed by atoms with Gasteiger partial charge < -0.3 is 9.47 Å². The van der Waals surface area contributed by atoms with Crippen molar-refractivity contribution < 1.29 is 4.79 Å². The molecule has 0 aliphatic carbocycles. The average molecular weight is 332 g/mol. The number of para-hydroxylation sites is 1. The molecule has 1 saturated heterocycles. The van der Waals surface area contributed by atoms with Gasteiger partial charge in [0.05, 0.1) is 5.52 Å². The summed E-state index contributed by atoms with van der Waals surface area (Å²) in [4.78, 5) is 23.2. The van der Waals surface area contributed by atoms with E-state index in [2.05, 4.69) is 9.97 Å². The van der Waals surface area contributed by atoms with E-state index < -0.39 is 0 Å². The van der Waals surface area contributed by atoms with Crippen molar-refractivity contribution in [3.63, 3.8) is 0 Å². The van der Waals surface area contributed by atoms with Crippen LogP contribution in [0.15, 0.2) is 55.0 Å². The molecule has 3 heterocycles. The van der Waals surface area contributed by atoms with E-state index in [1.165, 1.54) is 0 Å². The zero-order valence-electron chi connectivity index (χ0n) is 14.2. The third-order valence-corrected chi connectivity index (χ3v) is 4.81. The highest BCUT2D eigenvalue weighted by atomic mass is 16.2. The molecule has 1 aliphatic heterocycles. The number of likely N-dealkylation sites (tertiary alicyclic amines) is 1. The van der Waals surface area contributed by atoms with Crippen LogP contribution in [0.25, 0.3) is 17.0 Å². The van der Waals surface area contributed by atoms with Gasteiger partial charge in [-0.1, -0.05) is 18.2 Å². The zero-order chi connectivity index (χ0) is 17.2. The number of amides is 1. The number of nitrogens with zero attached hydrogens (tertiary/aromatic N) is 4. The Morgan fingerprint density at radius 2 is 2.08 bits per heavy atom. The van der Waals surface area contributed by atoms with E-state index in [9.17, 15) is 4.79 Å². The minimum Gasteiger partial charge on any atom is -0.338 e. The number of hydrogen-bond acceptors (Lipinski definition) is 3. The van der Waals surface area contributed by atoms with Gasteiger partial charge in [0, 0.05) is 56.1 Å². The fraction of sp³-hybridized carbons (Fsp3) is 0.250. The molecule has 25 heavy (non-hydrogen) atoms. The summed E-state index contributed by atoms with van der Waals surface area (Å²) < 4.78 is 2.04. The maximum Gasteiger partial charge on any atom is 0.246 e. The van der Waals surface area contributed by atoms with Gasteiger partial charge in [0.2, 0.25) is 5.91 Å². The van der Waals surface area contributed by atoms with Gasteiger partial charge in [0.25, 0.3) is 0 Å². The van der Waals surface area contributed by atoms with Crippen molar-refractivity contribution in [1.82, 2.24) is 19.4 Å². The number of aromatic nitrogens is 3. The van der Waals surface area contributed by atoms with Crippen molar-refractivity contribution in [2.24, 2.45) is 7.05 Å². The van der Waals surface area contributed by atoms with Gasteiger partial charge in [-0.25, -0.2) is 4.98 Å². The number of pyridine rings is 1. The monoisotopic (exact) mass is 332 g/mol. The lowest BCUT2D eigenvalue weighted by Crippen LogP contribution is -2.26. The van der Waals surface area contributed by atoms with Gasteiger partial charge in [-0.2, -0.15) is 0 Å². The molecule has 126 valence electrons. The molecular formula is C20H20N4O. The second kappa shape index (κ2) is 6.51. The van der Waals surface area contributed by atoms with Crippen LogP contribution in [0.3, 0.4) is 0 Å². The van der Waals surface area contributed by atoms with E-state index in [0.29, 0.717) is 5.92 Å². The van der Waals surface area contributed by atoms with Crippen molar-refractivity contribution >= 4 is 22.9 Å². The molecule has 0 saturated carbocycles. The van der Waals surface area contributed by atoms with E-state index in [0.717, 1.165) is 41.8 Å². The topological polar surface area (TPSA) is 51.0 Å². The highest BCUT2D eigenvalue weighted by molar-refractivity contribution is 5.95. The molecule has 0 radical (unpaired) electrons. The van der Waals surface area contributed by atoms with Crippen molar-refractivity contribution in [2.75, 3.05) is 13.1 Å².